The molecule has 2 aromatic rings. The van der Waals surface area contributed by atoms with Crippen LogP contribution in [0.15, 0.2) is 30.5 Å². The van der Waals surface area contributed by atoms with Crippen molar-refractivity contribution in [3.8, 4) is 0 Å². The minimum Gasteiger partial charge on any atom is -0.480 e. The molecule has 94 valence electrons. The number of carbonyl (C=O) groups excluding carboxylic acids is 1. The summed E-state index contributed by atoms with van der Waals surface area (Å²) in [5.74, 6) is -1.44. The molecule has 0 spiro atoms. The third kappa shape index (κ3) is 2.65. The van der Waals surface area contributed by atoms with Crippen molar-refractivity contribution in [3.63, 3.8) is 0 Å². The van der Waals surface area contributed by atoms with Crippen LogP contribution in [0.2, 0.25) is 0 Å². The zero-order valence-corrected chi connectivity index (χ0v) is 9.83. The van der Waals surface area contributed by atoms with E-state index in [1.165, 1.54) is 11.6 Å². The average molecular weight is 247 g/mol. The second kappa shape index (κ2) is 4.87. The summed E-state index contributed by atoms with van der Waals surface area (Å²) in [6.07, 6.45) is 1.75. The Kier molecular flexibility index (Phi) is 3.27. The van der Waals surface area contributed by atoms with Crippen molar-refractivity contribution in [1.82, 2.24) is 15.1 Å². The predicted octanol–water partition coefficient (Wildman–Crippen LogP) is 0.626. The van der Waals surface area contributed by atoms with Crippen molar-refractivity contribution in [2.45, 2.75) is 19.5 Å². The molecule has 1 aromatic heterocycles. The molecule has 1 unspecified atom stereocenters. The summed E-state index contributed by atoms with van der Waals surface area (Å²) in [6.45, 7) is 1.42. The highest BCUT2D eigenvalue weighted by atomic mass is 16.4. The number of rotatable bonds is 4. The Labute approximate surface area is 103 Å². The molecule has 1 aromatic carbocycles. The van der Waals surface area contributed by atoms with Crippen molar-refractivity contribution in [1.29, 1.82) is 0 Å². The Balaban J connectivity index is 2.05. The van der Waals surface area contributed by atoms with Gasteiger partial charge in [0.25, 0.3) is 0 Å². The molecule has 0 bridgehead atoms. The third-order valence-corrected chi connectivity index (χ3v) is 2.51. The molecule has 0 aliphatic carbocycles. The Morgan fingerprint density at radius 2 is 2.17 bits per heavy atom. The van der Waals surface area contributed by atoms with Crippen LogP contribution < -0.4 is 5.32 Å². The molecule has 1 amide bonds. The molecule has 0 aliphatic rings. The molecule has 0 saturated heterocycles. The number of fused-ring (bicyclic) bond motifs is 1. The first-order chi connectivity index (χ1) is 8.56. The van der Waals surface area contributed by atoms with Crippen LogP contribution >= 0.6 is 0 Å². The number of carbonyl (C=O) groups is 2. The number of carboxylic acids is 1. The van der Waals surface area contributed by atoms with Crippen LogP contribution in [-0.4, -0.2) is 32.8 Å². The standard InChI is InChI=1S/C12H13N3O3/c1-8(12(17)18)13-11(16)7-15-6-9-4-2-3-5-10(9)14-15/h2-6,8H,7H2,1H3,(H,13,16)(H,17,18). The van der Waals surface area contributed by atoms with Gasteiger partial charge in [-0.15, -0.1) is 0 Å². The maximum Gasteiger partial charge on any atom is 0.325 e. The molecular formula is C12H13N3O3. The van der Waals surface area contributed by atoms with Crippen LogP contribution in [0.25, 0.3) is 10.9 Å². The van der Waals surface area contributed by atoms with Crippen LogP contribution in [-0.2, 0) is 16.1 Å². The van der Waals surface area contributed by atoms with Gasteiger partial charge in [0, 0.05) is 11.6 Å². The molecular weight excluding hydrogens is 234 g/mol. The number of amides is 1. The molecule has 0 saturated carbocycles. The van der Waals surface area contributed by atoms with Crippen molar-refractivity contribution in [2.24, 2.45) is 0 Å². The Hall–Kier alpha value is -2.37. The zero-order chi connectivity index (χ0) is 13.1. The number of aromatic nitrogens is 2. The lowest BCUT2D eigenvalue weighted by molar-refractivity contribution is -0.141. The molecule has 2 N–H and O–H groups in total. The summed E-state index contributed by atoms with van der Waals surface area (Å²) in [5, 5.41) is 16.2. The van der Waals surface area contributed by atoms with Gasteiger partial charge in [0.05, 0.1) is 5.52 Å². The summed E-state index contributed by atoms with van der Waals surface area (Å²) >= 11 is 0. The van der Waals surface area contributed by atoms with Crippen molar-refractivity contribution in [3.05, 3.63) is 30.5 Å². The van der Waals surface area contributed by atoms with E-state index in [4.69, 9.17) is 5.11 Å². The van der Waals surface area contributed by atoms with Gasteiger partial charge in [-0.2, -0.15) is 5.10 Å². The molecule has 0 aliphatic heterocycles. The molecule has 1 heterocycles. The monoisotopic (exact) mass is 247 g/mol. The fourth-order valence-electron chi connectivity index (χ4n) is 1.59. The quantitative estimate of drug-likeness (QED) is 0.829. The second-order valence-corrected chi connectivity index (χ2v) is 4.01. The van der Waals surface area contributed by atoms with Gasteiger partial charge in [0.1, 0.15) is 12.6 Å². The summed E-state index contributed by atoms with van der Waals surface area (Å²) in [5.41, 5.74) is 0.802. The molecule has 6 nitrogen and oxygen atoms in total. The van der Waals surface area contributed by atoms with Crippen LogP contribution in [0, 0.1) is 0 Å². The molecule has 0 fully saturated rings. The topological polar surface area (TPSA) is 84.2 Å². The Morgan fingerprint density at radius 3 is 2.83 bits per heavy atom. The zero-order valence-electron chi connectivity index (χ0n) is 9.83. The van der Waals surface area contributed by atoms with Crippen molar-refractivity contribution >= 4 is 22.8 Å². The van der Waals surface area contributed by atoms with Crippen molar-refractivity contribution in [2.75, 3.05) is 0 Å². The molecule has 1 atom stereocenters. The van der Waals surface area contributed by atoms with E-state index in [-0.39, 0.29) is 12.5 Å². The van der Waals surface area contributed by atoms with Crippen LogP contribution in [0.5, 0.6) is 0 Å². The first-order valence-electron chi connectivity index (χ1n) is 5.50. The van der Waals surface area contributed by atoms with E-state index in [1.54, 1.807) is 6.20 Å². The van der Waals surface area contributed by atoms with E-state index in [1.807, 2.05) is 24.3 Å². The fourth-order valence-corrected chi connectivity index (χ4v) is 1.59. The van der Waals surface area contributed by atoms with Gasteiger partial charge < -0.3 is 10.4 Å². The number of carboxylic acid groups (broad SMARTS) is 1. The number of nitrogens with one attached hydrogen (secondary N) is 1. The van der Waals surface area contributed by atoms with Crippen molar-refractivity contribution < 1.29 is 14.7 Å². The number of benzene rings is 1. The smallest absolute Gasteiger partial charge is 0.325 e. The SMILES string of the molecule is CC(NC(=O)Cn1cc2ccccc2n1)C(=O)O. The van der Waals surface area contributed by atoms with E-state index in [0.29, 0.717) is 0 Å². The Bertz CT molecular complexity index is 558. The highest BCUT2D eigenvalue weighted by molar-refractivity contribution is 5.83. The highest BCUT2D eigenvalue weighted by Gasteiger charge is 2.14. The van der Waals surface area contributed by atoms with Gasteiger partial charge in [-0.25, -0.2) is 0 Å². The van der Waals surface area contributed by atoms with Gasteiger partial charge in [-0.3, -0.25) is 14.3 Å². The number of aliphatic carboxylic acids is 1. The van der Waals surface area contributed by atoms with Gasteiger partial charge in [-0.05, 0) is 13.0 Å². The molecule has 0 radical (unpaired) electrons. The maximum atomic E-state index is 11.6. The van der Waals surface area contributed by atoms with E-state index in [9.17, 15) is 9.59 Å². The molecule has 2 rings (SSSR count). The average Bonchev–Trinajstić information content (AvgIpc) is 2.70. The largest absolute Gasteiger partial charge is 0.480 e. The minimum atomic E-state index is -1.06. The van der Waals surface area contributed by atoms with E-state index in [2.05, 4.69) is 10.4 Å². The first-order valence-corrected chi connectivity index (χ1v) is 5.50. The lowest BCUT2D eigenvalue weighted by Crippen LogP contribution is -2.40. The highest BCUT2D eigenvalue weighted by Crippen LogP contribution is 2.10. The summed E-state index contributed by atoms with van der Waals surface area (Å²) < 4.78 is 1.49. The Morgan fingerprint density at radius 1 is 1.44 bits per heavy atom. The normalized spacial score (nSPS) is 12.3. The second-order valence-electron chi connectivity index (χ2n) is 4.01. The predicted molar refractivity (Wildman–Crippen MR) is 65.0 cm³/mol. The van der Waals surface area contributed by atoms with Crippen LogP contribution in [0.4, 0.5) is 0 Å². The van der Waals surface area contributed by atoms with E-state index >= 15 is 0 Å². The lowest BCUT2D eigenvalue weighted by atomic mass is 10.3. The number of hydrogen-bond donors (Lipinski definition) is 2. The van der Waals surface area contributed by atoms with Crippen LogP contribution in [0.1, 0.15) is 6.92 Å². The van der Waals surface area contributed by atoms with Gasteiger partial charge >= 0.3 is 5.97 Å². The summed E-state index contributed by atoms with van der Waals surface area (Å²) in [4.78, 5) is 22.2. The molecule has 18 heavy (non-hydrogen) atoms. The molecule has 6 heteroatoms. The third-order valence-electron chi connectivity index (χ3n) is 2.51. The number of hydrogen-bond acceptors (Lipinski definition) is 3. The van der Waals surface area contributed by atoms with E-state index < -0.39 is 12.0 Å². The maximum absolute atomic E-state index is 11.6. The van der Waals surface area contributed by atoms with E-state index in [0.717, 1.165) is 10.9 Å². The lowest BCUT2D eigenvalue weighted by Gasteiger charge is -2.08. The summed E-state index contributed by atoms with van der Waals surface area (Å²) in [7, 11) is 0. The van der Waals surface area contributed by atoms with Gasteiger partial charge in [-0.1, -0.05) is 18.2 Å². The number of nitrogens with zero attached hydrogens (tertiary/aromatic N) is 2. The first kappa shape index (κ1) is 12.1. The van der Waals surface area contributed by atoms with Gasteiger partial charge in [0.2, 0.25) is 5.91 Å². The van der Waals surface area contributed by atoms with Crippen LogP contribution in [0.3, 0.4) is 0 Å². The fraction of sp³-hybridized carbons (Fsp3) is 0.250. The summed E-state index contributed by atoms with van der Waals surface area (Å²) in [6, 6.07) is 6.61. The van der Waals surface area contributed by atoms with Gasteiger partial charge in [0.15, 0.2) is 0 Å². The minimum absolute atomic E-state index is 0.00625.